The molecule has 2 atom stereocenters. The largest absolute Gasteiger partial charge is 0.497 e. The molecule has 11 heteroatoms. The summed E-state index contributed by atoms with van der Waals surface area (Å²) in [5, 5.41) is 7.12. The second-order valence-corrected chi connectivity index (χ2v) is 9.31. The predicted octanol–water partition coefficient (Wildman–Crippen LogP) is 4.23. The zero-order valence-corrected chi connectivity index (χ0v) is 20.1. The first kappa shape index (κ1) is 24.9. The minimum atomic E-state index is -5.08. The monoisotopic (exact) mass is 517 g/mol. The molecule has 0 spiro atoms. The van der Waals surface area contributed by atoms with Crippen LogP contribution in [-0.2, 0) is 24.3 Å². The van der Waals surface area contributed by atoms with Crippen molar-refractivity contribution in [2.75, 3.05) is 27.0 Å². The van der Waals surface area contributed by atoms with Gasteiger partial charge in [0.1, 0.15) is 11.6 Å². The summed E-state index contributed by atoms with van der Waals surface area (Å²) in [6, 6.07) is 14.6. The van der Waals surface area contributed by atoms with Crippen molar-refractivity contribution in [3.05, 3.63) is 60.0 Å². The molecule has 1 N–H and O–H groups in total. The van der Waals surface area contributed by atoms with Gasteiger partial charge >= 0.3 is 12.1 Å². The van der Waals surface area contributed by atoms with Gasteiger partial charge in [0.15, 0.2) is 11.5 Å². The van der Waals surface area contributed by atoms with Crippen molar-refractivity contribution < 1.29 is 37.3 Å². The topological polar surface area (TPSA) is 86.0 Å². The van der Waals surface area contributed by atoms with E-state index in [1.807, 2.05) is 24.4 Å². The van der Waals surface area contributed by atoms with Crippen molar-refractivity contribution in [2.45, 2.75) is 25.7 Å². The zero-order valence-electron chi connectivity index (χ0n) is 20.1. The molecule has 4 heterocycles. The van der Waals surface area contributed by atoms with Crippen LogP contribution in [0.2, 0.25) is 0 Å². The molecule has 2 unspecified atom stereocenters. The first-order chi connectivity index (χ1) is 17.7. The van der Waals surface area contributed by atoms with E-state index in [1.54, 1.807) is 7.11 Å². The smallest absolute Gasteiger partial charge is 0.490 e. The highest BCUT2D eigenvalue weighted by atomic mass is 19.4. The molecule has 37 heavy (non-hydrogen) atoms. The number of carbonyl (C=O) groups is 1. The van der Waals surface area contributed by atoms with Crippen LogP contribution in [0.25, 0.3) is 11.3 Å². The lowest BCUT2D eigenvalue weighted by Gasteiger charge is -2.27. The lowest BCUT2D eigenvalue weighted by atomic mass is 9.89. The van der Waals surface area contributed by atoms with Crippen molar-refractivity contribution in [2.24, 2.45) is 11.8 Å². The van der Waals surface area contributed by atoms with E-state index in [0.29, 0.717) is 18.6 Å². The molecule has 0 bridgehead atoms. The Hall–Kier alpha value is -3.73. The maximum absolute atomic E-state index is 10.6. The molecule has 3 aliphatic heterocycles. The van der Waals surface area contributed by atoms with E-state index in [2.05, 4.69) is 33.7 Å². The van der Waals surface area contributed by atoms with Crippen molar-refractivity contribution in [1.29, 1.82) is 0 Å². The fourth-order valence-corrected chi connectivity index (χ4v) is 5.14. The third-order valence-electron chi connectivity index (χ3n) is 6.92. The van der Waals surface area contributed by atoms with Crippen LogP contribution in [-0.4, -0.2) is 58.7 Å². The lowest BCUT2D eigenvalue weighted by molar-refractivity contribution is -0.192. The average molecular weight is 518 g/mol. The van der Waals surface area contributed by atoms with Crippen LogP contribution in [0.15, 0.2) is 48.7 Å². The molecule has 0 saturated carbocycles. The minimum absolute atomic E-state index is 0.328. The van der Waals surface area contributed by atoms with Gasteiger partial charge in [-0.3, -0.25) is 4.90 Å². The highest BCUT2D eigenvalue weighted by molar-refractivity contribution is 5.73. The summed E-state index contributed by atoms with van der Waals surface area (Å²) in [6.07, 6.45) is -2.00. The van der Waals surface area contributed by atoms with Gasteiger partial charge in [-0.2, -0.15) is 13.2 Å². The third-order valence-corrected chi connectivity index (χ3v) is 6.92. The fourth-order valence-electron chi connectivity index (χ4n) is 5.14. The SMILES string of the molecule is COc1ccc(-c2cnc3n2CC2CN(Cc4ccc5c(c4)OCO5)CC2C3)cc1.O=C(O)C(F)(F)F. The minimum Gasteiger partial charge on any atom is -0.497 e. The van der Waals surface area contributed by atoms with Gasteiger partial charge in [0.05, 0.1) is 19.0 Å². The fraction of sp³-hybridized carbons (Fsp3) is 0.385. The Morgan fingerprint density at radius 2 is 1.78 bits per heavy atom. The number of rotatable bonds is 4. The molecule has 0 radical (unpaired) electrons. The van der Waals surface area contributed by atoms with Crippen LogP contribution in [0.3, 0.4) is 0 Å². The molecule has 3 aliphatic rings. The summed E-state index contributed by atoms with van der Waals surface area (Å²) in [6.45, 7) is 4.58. The van der Waals surface area contributed by atoms with Gasteiger partial charge in [-0.1, -0.05) is 6.07 Å². The number of halogens is 3. The number of methoxy groups -OCH3 is 1. The Labute approximate surface area is 211 Å². The number of carboxylic acids is 1. The molecule has 196 valence electrons. The van der Waals surface area contributed by atoms with Gasteiger partial charge in [0.2, 0.25) is 6.79 Å². The van der Waals surface area contributed by atoms with E-state index in [-0.39, 0.29) is 0 Å². The number of ether oxygens (including phenoxy) is 3. The molecular formula is C26H26F3N3O5. The Kier molecular flexibility index (Phi) is 6.72. The number of fused-ring (bicyclic) bond motifs is 3. The molecular weight excluding hydrogens is 491 g/mol. The number of hydrogen-bond donors (Lipinski definition) is 1. The highest BCUT2D eigenvalue weighted by Gasteiger charge is 2.39. The standard InChI is InChI=1S/C24H25N3O3.C2HF3O2/c1-28-20-5-3-17(4-6-20)21-10-25-24-9-18-12-26(13-19(18)14-27(21)24)11-16-2-7-22-23(8-16)30-15-29-22;3-2(4,5)1(6)7/h2-8,10,18-19H,9,11-15H2,1H3;(H,6,7). The molecule has 3 aromatic rings. The Morgan fingerprint density at radius 1 is 1.08 bits per heavy atom. The molecule has 6 rings (SSSR count). The van der Waals surface area contributed by atoms with E-state index in [0.717, 1.165) is 49.8 Å². The van der Waals surface area contributed by atoms with E-state index >= 15 is 0 Å². The van der Waals surface area contributed by atoms with Crippen LogP contribution in [0.1, 0.15) is 11.4 Å². The third kappa shape index (κ3) is 5.36. The molecule has 8 nitrogen and oxygen atoms in total. The molecule has 0 amide bonds. The number of hydrogen-bond acceptors (Lipinski definition) is 6. The molecule has 1 aromatic heterocycles. The van der Waals surface area contributed by atoms with Crippen LogP contribution < -0.4 is 14.2 Å². The van der Waals surface area contributed by atoms with Crippen molar-refractivity contribution >= 4 is 5.97 Å². The zero-order chi connectivity index (χ0) is 26.2. The normalized spacial score (nSPS) is 20.0. The predicted molar refractivity (Wildman–Crippen MR) is 126 cm³/mol. The molecule has 2 aromatic carbocycles. The molecule has 1 fully saturated rings. The first-order valence-corrected chi connectivity index (χ1v) is 11.8. The first-order valence-electron chi connectivity index (χ1n) is 11.8. The van der Waals surface area contributed by atoms with Gasteiger partial charge in [-0.25, -0.2) is 9.78 Å². The number of imidazole rings is 1. The van der Waals surface area contributed by atoms with Gasteiger partial charge in [0, 0.05) is 38.2 Å². The van der Waals surface area contributed by atoms with E-state index in [9.17, 15) is 13.2 Å². The lowest BCUT2D eigenvalue weighted by Crippen LogP contribution is -2.28. The van der Waals surface area contributed by atoms with E-state index < -0.39 is 12.1 Å². The number of carboxylic acid groups (broad SMARTS) is 1. The quantitative estimate of drug-likeness (QED) is 0.555. The number of alkyl halides is 3. The second-order valence-electron chi connectivity index (χ2n) is 9.31. The van der Waals surface area contributed by atoms with E-state index in [1.165, 1.54) is 22.6 Å². The maximum atomic E-state index is 10.6. The summed E-state index contributed by atoms with van der Waals surface area (Å²) in [5.74, 6) is 2.40. The van der Waals surface area contributed by atoms with Gasteiger partial charge < -0.3 is 23.9 Å². The van der Waals surface area contributed by atoms with Crippen molar-refractivity contribution in [3.8, 4) is 28.5 Å². The van der Waals surface area contributed by atoms with Crippen LogP contribution in [0.4, 0.5) is 13.2 Å². The second kappa shape index (κ2) is 9.97. The van der Waals surface area contributed by atoms with Gasteiger partial charge in [-0.15, -0.1) is 0 Å². The summed E-state index contributed by atoms with van der Waals surface area (Å²) < 4.78 is 50.4. The van der Waals surface area contributed by atoms with Crippen LogP contribution in [0, 0.1) is 11.8 Å². The van der Waals surface area contributed by atoms with Crippen molar-refractivity contribution in [1.82, 2.24) is 14.5 Å². The molecule has 1 saturated heterocycles. The highest BCUT2D eigenvalue weighted by Crippen LogP contribution is 2.37. The van der Waals surface area contributed by atoms with Crippen LogP contribution >= 0.6 is 0 Å². The number of aromatic nitrogens is 2. The van der Waals surface area contributed by atoms with Gasteiger partial charge in [0.25, 0.3) is 0 Å². The Morgan fingerprint density at radius 3 is 2.49 bits per heavy atom. The van der Waals surface area contributed by atoms with E-state index in [4.69, 9.17) is 29.1 Å². The summed E-state index contributed by atoms with van der Waals surface area (Å²) in [4.78, 5) is 16.2. The summed E-state index contributed by atoms with van der Waals surface area (Å²) in [7, 11) is 1.70. The Balaban J connectivity index is 0.000000355. The van der Waals surface area contributed by atoms with Crippen LogP contribution in [0.5, 0.6) is 17.2 Å². The average Bonchev–Trinajstić information content (AvgIpc) is 3.59. The van der Waals surface area contributed by atoms with Gasteiger partial charge in [-0.05, 0) is 53.8 Å². The number of nitrogens with zero attached hydrogens (tertiary/aromatic N) is 3. The number of benzene rings is 2. The maximum Gasteiger partial charge on any atom is 0.490 e. The number of aliphatic carboxylic acids is 1. The Bertz CT molecular complexity index is 1280. The summed E-state index contributed by atoms with van der Waals surface area (Å²) >= 11 is 0. The molecule has 0 aliphatic carbocycles. The van der Waals surface area contributed by atoms with Crippen molar-refractivity contribution in [3.63, 3.8) is 0 Å². The number of likely N-dealkylation sites (tertiary alicyclic amines) is 1. The summed E-state index contributed by atoms with van der Waals surface area (Å²) in [5.41, 5.74) is 3.69.